The van der Waals surface area contributed by atoms with E-state index in [2.05, 4.69) is 34.7 Å². The van der Waals surface area contributed by atoms with Gasteiger partial charge < -0.3 is 10.6 Å². The number of carbonyl (C=O) groups excluding carboxylic acids is 1. The molecule has 90 valence electrons. The van der Waals surface area contributed by atoms with Crippen LogP contribution < -0.4 is 10.6 Å². The Labute approximate surface area is 99.7 Å². The number of carbonyl (C=O) groups is 1. The van der Waals surface area contributed by atoms with E-state index >= 15 is 0 Å². The summed E-state index contributed by atoms with van der Waals surface area (Å²) in [6.07, 6.45) is 0. The molecule has 5 nitrogen and oxygen atoms in total. The van der Waals surface area contributed by atoms with Gasteiger partial charge in [0.15, 0.2) is 0 Å². The number of anilines is 1. The largest absolute Gasteiger partial charge is 0.354 e. The third kappa shape index (κ3) is 4.14. The van der Waals surface area contributed by atoms with E-state index in [-0.39, 0.29) is 11.9 Å². The van der Waals surface area contributed by atoms with Crippen LogP contribution in [0.3, 0.4) is 0 Å². The molecule has 0 aromatic carbocycles. The Kier molecular flexibility index (Phi) is 4.67. The summed E-state index contributed by atoms with van der Waals surface area (Å²) in [7, 11) is 0. The van der Waals surface area contributed by atoms with Crippen LogP contribution in [0.5, 0.6) is 0 Å². The molecule has 0 saturated heterocycles. The number of amides is 1. The van der Waals surface area contributed by atoms with Gasteiger partial charge in [-0.2, -0.15) is 0 Å². The Bertz CT molecular complexity index is 350. The highest BCUT2D eigenvalue weighted by Gasteiger charge is 2.14. The molecule has 0 fully saturated rings. The zero-order valence-corrected chi connectivity index (χ0v) is 10.9. The van der Waals surface area contributed by atoms with Crippen LogP contribution in [0.25, 0.3) is 0 Å². The molecule has 1 heterocycles. The van der Waals surface area contributed by atoms with E-state index in [4.69, 9.17) is 0 Å². The maximum Gasteiger partial charge on any atom is 0.242 e. The molecule has 0 aliphatic heterocycles. The predicted octanol–water partition coefficient (Wildman–Crippen LogP) is 1.42. The van der Waals surface area contributed by atoms with E-state index < -0.39 is 0 Å². The van der Waals surface area contributed by atoms with Gasteiger partial charge in [-0.3, -0.25) is 4.79 Å². The Hall–Kier alpha value is -1.17. The van der Waals surface area contributed by atoms with E-state index in [1.165, 1.54) is 11.3 Å². The first kappa shape index (κ1) is 12.9. The van der Waals surface area contributed by atoms with Crippen LogP contribution in [0.1, 0.15) is 25.8 Å². The zero-order valence-electron chi connectivity index (χ0n) is 10.1. The Balaban J connectivity index is 2.39. The second-order valence-electron chi connectivity index (χ2n) is 4.13. The first-order valence-electron chi connectivity index (χ1n) is 5.33. The molecule has 6 heteroatoms. The van der Waals surface area contributed by atoms with Gasteiger partial charge in [-0.15, -0.1) is 10.2 Å². The summed E-state index contributed by atoms with van der Waals surface area (Å²) in [4.78, 5) is 11.6. The first-order chi connectivity index (χ1) is 7.49. The molecule has 0 aliphatic carbocycles. The Morgan fingerprint density at radius 3 is 2.56 bits per heavy atom. The van der Waals surface area contributed by atoms with Gasteiger partial charge in [0, 0.05) is 6.54 Å². The average Bonchev–Trinajstić information content (AvgIpc) is 2.60. The summed E-state index contributed by atoms with van der Waals surface area (Å²) < 4.78 is 0. The van der Waals surface area contributed by atoms with Crippen LogP contribution in [-0.2, 0) is 4.79 Å². The summed E-state index contributed by atoms with van der Waals surface area (Å²) in [6, 6.07) is -0.286. The molecule has 16 heavy (non-hydrogen) atoms. The molecule has 0 aliphatic rings. The molecule has 1 aromatic rings. The van der Waals surface area contributed by atoms with Crippen molar-refractivity contribution in [1.29, 1.82) is 0 Å². The van der Waals surface area contributed by atoms with Gasteiger partial charge in [-0.1, -0.05) is 25.2 Å². The second kappa shape index (κ2) is 5.79. The normalized spacial score (nSPS) is 12.6. The zero-order chi connectivity index (χ0) is 12.1. The first-order valence-corrected chi connectivity index (χ1v) is 6.15. The van der Waals surface area contributed by atoms with Gasteiger partial charge in [0.25, 0.3) is 0 Å². The van der Waals surface area contributed by atoms with Gasteiger partial charge in [0.1, 0.15) is 11.0 Å². The summed E-state index contributed by atoms with van der Waals surface area (Å²) in [5, 5.41) is 15.2. The van der Waals surface area contributed by atoms with Crippen molar-refractivity contribution >= 4 is 22.4 Å². The summed E-state index contributed by atoms with van der Waals surface area (Å²) >= 11 is 1.44. The molecule has 1 rings (SSSR count). The lowest BCUT2D eigenvalue weighted by Crippen LogP contribution is -2.39. The van der Waals surface area contributed by atoms with Gasteiger partial charge in [0.05, 0.1) is 0 Å². The molecule has 2 N–H and O–H groups in total. The van der Waals surface area contributed by atoms with E-state index in [0.717, 1.165) is 5.01 Å². The number of rotatable bonds is 5. The van der Waals surface area contributed by atoms with Crippen LogP contribution in [0.4, 0.5) is 5.13 Å². The minimum atomic E-state index is -0.286. The van der Waals surface area contributed by atoms with Crippen molar-refractivity contribution in [1.82, 2.24) is 15.5 Å². The fourth-order valence-electron chi connectivity index (χ4n) is 1.06. The van der Waals surface area contributed by atoms with E-state index in [0.29, 0.717) is 17.6 Å². The quantitative estimate of drug-likeness (QED) is 0.819. The van der Waals surface area contributed by atoms with Crippen LogP contribution >= 0.6 is 11.3 Å². The molecule has 1 amide bonds. The number of hydrogen-bond acceptors (Lipinski definition) is 5. The minimum absolute atomic E-state index is 0.0125. The highest BCUT2D eigenvalue weighted by molar-refractivity contribution is 7.15. The maximum absolute atomic E-state index is 11.6. The van der Waals surface area contributed by atoms with Crippen LogP contribution in [0.15, 0.2) is 0 Å². The lowest BCUT2D eigenvalue weighted by atomic mass is 10.2. The smallest absolute Gasteiger partial charge is 0.242 e. The van der Waals surface area contributed by atoms with Crippen molar-refractivity contribution in [3.8, 4) is 0 Å². The van der Waals surface area contributed by atoms with E-state index in [9.17, 15) is 4.79 Å². The highest BCUT2D eigenvalue weighted by Crippen LogP contribution is 2.14. The fourth-order valence-corrected chi connectivity index (χ4v) is 1.74. The predicted molar refractivity (Wildman–Crippen MR) is 65.6 cm³/mol. The van der Waals surface area contributed by atoms with Gasteiger partial charge in [0.2, 0.25) is 11.0 Å². The highest BCUT2D eigenvalue weighted by atomic mass is 32.1. The van der Waals surface area contributed by atoms with Crippen molar-refractivity contribution in [3.63, 3.8) is 0 Å². The fraction of sp³-hybridized carbons (Fsp3) is 0.700. The van der Waals surface area contributed by atoms with Crippen LogP contribution in [-0.4, -0.2) is 28.7 Å². The van der Waals surface area contributed by atoms with E-state index in [1.807, 2.05) is 13.8 Å². The molecular weight excluding hydrogens is 224 g/mol. The molecule has 1 unspecified atom stereocenters. The van der Waals surface area contributed by atoms with E-state index in [1.54, 1.807) is 0 Å². The number of aryl methyl sites for hydroxylation is 1. The molecule has 1 atom stereocenters. The summed E-state index contributed by atoms with van der Waals surface area (Å²) in [6.45, 7) is 8.51. The third-order valence-corrected chi connectivity index (χ3v) is 2.71. The molecule has 0 bridgehead atoms. The Morgan fingerprint density at radius 2 is 2.06 bits per heavy atom. The SMILES string of the molecule is Cc1nnc(NC(C)C(=O)NCC(C)C)s1. The van der Waals surface area contributed by atoms with Gasteiger partial charge in [-0.05, 0) is 19.8 Å². The van der Waals surface area contributed by atoms with Crippen molar-refractivity contribution in [2.24, 2.45) is 5.92 Å². The van der Waals surface area contributed by atoms with Crippen LogP contribution in [0, 0.1) is 12.8 Å². The number of nitrogens with zero attached hydrogens (tertiary/aromatic N) is 2. The standard InChI is InChI=1S/C10H18N4OS/c1-6(2)5-11-9(15)7(3)12-10-14-13-8(4)16-10/h6-7H,5H2,1-4H3,(H,11,15)(H,12,14). The molecule has 1 aromatic heterocycles. The monoisotopic (exact) mass is 242 g/mol. The van der Waals surface area contributed by atoms with Gasteiger partial charge in [-0.25, -0.2) is 0 Å². The number of aromatic nitrogens is 2. The minimum Gasteiger partial charge on any atom is -0.354 e. The molecule has 0 saturated carbocycles. The summed E-state index contributed by atoms with van der Waals surface area (Å²) in [5.41, 5.74) is 0. The van der Waals surface area contributed by atoms with Crippen molar-refractivity contribution < 1.29 is 4.79 Å². The number of hydrogen-bond donors (Lipinski definition) is 2. The molecule has 0 spiro atoms. The maximum atomic E-state index is 11.6. The Morgan fingerprint density at radius 1 is 1.38 bits per heavy atom. The average molecular weight is 242 g/mol. The lowest BCUT2D eigenvalue weighted by Gasteiger charge is -2.13. The van der Waals surface area contributed by atoms with Crippen molar-refractivity contribution in [2.75, 3.05) is 11.9 Å². The van der Waals surface area contributed by atoms with Gasteiger partial charge >= 0.3 is 0 Å². The summed E-state index contributed by atoms with van der Waals surface area (Å²) in [5.74, 6) is 0.446. The lowest BCUT2D eigenvalue weighted by molar-refractivity contribution is -0.121. The molecule has 0 radical (unpaired) electrons. The van der Waals surface area contributed by atoms with Crippen LogP contribution in [0.2, 0.25) is 0 Å². The second-order valence-corrected chi connectivity index (χ2v) is 5.31. The van der Waals surface area contributed by atoms with Crippen molar-refractivity contribution in [3.05, 3.63) is 5.01 Å². The van der Waals surface area contributed by atoms with Crippen molar-refractivity contribution in [2.45, 2.75) is 33.7 Å². The molecular formula is C10H18N4OS. The number of nitrogens with one attached hydrogen (secondary N) is 2. The third-order valence-electron chi connectivity index (χ3n) is 1.94. The topological polar surface area (TPSA) is 66.9 Å².